The fourth-order valence-corrected chi connectivity index (χ4v) is 3.24. The molecule has 0 aromatic rings. The van der Waals surface area contributed by atoms with Crippen molar-refractivity contribution in [1.82, 2.24) is 10.2 Å². The number of rotatable bonds is 8. The Morgan fingerprint density at radius 2 is 1.74 bits per heavy atom. The highest BCUT2D eigenvalue weighted by Crippen LogP contribution is 2.30. The van der Waals surface area contributed by atoms with E-state index < -0.39 is 0 Å². The minimum atomic E-state index is 0.677. The van der Waals surface area contributed by atoms with Crippen LogP contribution in [0.1, 0.15) is 66.2 Å². The van der Waals surface area contributed by atoms with Crippen LogP contribution >= 0.6 is 0 Å². The van der Waals surface area contributed by atoms with Crippen LogP contribution in [0.4, 0.5) is 0 Å². The Morgan fingerprint density at radius 3 is 2.37 bits per heavy atom. The average Bonchev–Trinajstić information content (AvgIpc) is 2.38. The van der Waals surface area contributed by atoms with Gasteiger partial charge in [-0.15, -0.1) is 0 Å². The van der Waals surface area contributed by atoms with Gasteiger partial charge in [-0.1, -0.05) is 26.7 Å². The van der Waals surface area contributed by atoms with Gasteiger partial charge in [-0.2, -0.15) is 0 Å². The quantitative estimate of drug-likeness (QED) is 0.671. The van der Waals surface area contributed by atoms with Crippen molar-refractivity contribution >= 4 is 0 Å². The van der Waals surface area contributed by atoms with E-state index in [1.54, 1.807) is 0 Å². The van der Waals surface area contributed by atoms with Gasteiger partial charge in [0.1, 0.15) is 0 Å². The number of hydrogen-bond donors (Lipinski definition) is 1. The summed E-state index contributed by atoms with van der Waals surface area (Å²) < 4.78 is 0. The topological polar surface area (TPSA) is 15.3 Å². The number of nitrogens with one attached hydrogen (secondary N) is 1. The zero-order valence-electron chi connectivity index (χ0n) is 13.9. The molecule has 114 valence electrons. The van der Waals surface area contributed by atoms with E-state index in [0.29, 0.717) is 6.04 Å². The zero-order chi connectivity index (χ0) is 14.3. The normalized spacial score (nSPS) is 24.6. The third-order valence-corrected chi connectivity index (χ3v) is 4.90. The maximum Gasteiger partial charge on any atom is 0.00977 e. The molecule has 2 unspecified atom stereocenters. The molecular formula is C17H36N2. The highest BCUT2D eigenvalue weighted by atomic mass is 15.1. The maximum atomic E-state index is 3.84. The molecule has 1 fully saturated rings. The number of unbranched alkanes of at least 4 members (excludes halogenated alkanes) is 1. The fraction of sp³-hybridized carbons (Fsp3) is 1.00. The van der Waals surface area contributed by atoms with E-state index in [9.17, 15) is 0 Å². The first-order chi connectivity index (χ1) is 9.02. The summed E-state index contributed by atoms with van der Waals surface area (Å²) in [6, 6.07) is 1.47. The molecule has 0 aliphatic heterocycles. The summed E-state index contributed by atoms with van der Waals surface area (Å²) in [5.41, 5.74) is 0. The van der Waals surface area contributed by atoms with Crippen molar-refractivity contribution in [2.45, 2.75) is 78.3 Å². The Kier molecular flexibility index (Phi) is 8.01. The summed E-state index contributed by atoms with van der Waals surface area (Å²) in [6.45, 7) is 11.8. The lowest BCUT2D eigenvalue weighted by Gasteiger charge is -2.35. The van der Waals surface area contributed by atoms with Crippen LogP contribution < -0.4 is 5.32 Å². The summed E-state index contributed by atoms with van der Waals surface area (Å²) in [6.07, 6.45) is 8.34. The van der Waals surface area contributed by atoms with E-state index in [4.69, 9.17) is 0 Å². The van der Waals surface area contributed by atoms with Gasteiger partial charge in [0, 0.05) is 12.1 Å². The summed E-state index contributed by atoms with van der Waals surface area (Å²) in [4.78, 5) is 2.44. The van der Waals surface area contributed by atoms with Gasteiger partial charge in [0.25, 0.3) is 0 Å². The second-order valence-corrected chi connectivity index (χ2v) is 7.03. The van der Waals surface area contributed by atoms with Crippen LogP contribution in [0.2, 0.25) is 0 Å². The molecule has 1 saturated carbocycles. The van der Waals surface area contributed by atoms with Gasteiger partial charge >= 0.3 is 0 Å². The Hall–Kier alpha value is -0.0800. The first-order valence-electron chi connectivity index (χ1n) is 8.46. The van der Waals surface area contributed by atoms with E-state index in [2.05, 4.69) is 45.0 Å². The Labute approximate surface area is 121 Å². The molecule has 1 N–H and O–H groups in total. The molecule has 0 radical (unpaired) electrons. The van der Waals surface area contributed by atoms with Gasteiger partial charge < -0.3 is 10.2 Å². The minimum absolute atomic E-state index is 0.677. The maximum absolute atomic E-state index is 3.84. The highest BCUT2D eigenvalue weighted by Gasteiger charge is 2.26. The molecule has 0 spiro atoms. The van der Waals surface area contributed by atoms with Crippen molar-refractivity contribution in [3.8, 4) is 0 Å². The predicted octanol–water partition coefficient (Wildman–Crippen LogP) is 3.91. The van der Waals surface area contributed by atoms with Gasteiger partial charge in [-0.25, -0.2) is 0 Å². The number of nitrogens with zero attached hydrogens (tertiary/aromatic N) is 1. The molecule has 0 aromatic heterocycles. The lowest BCUT2D eigenvalue weighted by molar-refractivity contribution is 0.204. The lowest BCUT2D eigenvalue weighted by Crippen LogP contribution is -2.41. The number of hydrogen-bond acceptors (Lipinski definition) is 2. The highest BCUT2D eigenvalue weighted by molar-refractivity contribution is 4.82. The van der Waals surface area contributed by atoms with Gasteiger partial charge in [0.15, 0.2) is 0 Å². The van der Waals surface area contributed by atoms with Gasteiger partial charge in [0.05, 0.1) is 0 Å². The third kappa shape index (κ3) is 6.27. The summed E-state index contributed by atoms with van der Waals surface area (Å²) >= 11 is 0. The fourth-order valence-electron chi connectivity index (χ4n) is 3.24. The molecule has 1 aliphatic carbocycles. The Bertz CT molecular complexity index is 225. The summed E-state index contributed by atoms with van der Waals surface area (Å²) in [7, 11) is 2.23. The van der Waals surface area contributed by atoms with E-state index in [-0.39, 0.29) is 0 Å². The Morgan fingerprint density at radius 1 is 1.05 bits per heavy atom. The summed E-state index contributed by atoms with van der Waals surface area (Å²) in [5, 5.41) is 3.84. The Balaban J connectivity index is 2.13. The van der Waals surface area contributed by atoms with Crippen molar-refractivity contribution in [2.24, 2.45) is 11.8 Å². The van der Waals surface area contributed by atoms with Gasteiger partial charge in [-0.05, 0) is 71.5 Å². The summed E-state index contributed by atoms with van der Waals surface area (Å²) in [5.74, 6) is 1.75. The molecule has 1 rings (SSSR count). The van der Waals surface area contributed by atoms with Crippen LogP contribution in [0.5, 0.6) is 0 Å². The average molecular weight is 268 g/mol. The van der Waals surface area contributed by atoms with Crippen molar-refractivity contribution in [3.63, 3.8) is 0 Å². The van der Waals surface area contributed by atoms with E-state index in [1.165, 1.54) is 51.6 Å². The molecular weight excluding hydrogens is 232 g/mol. The van der Waals surface area contributed by atoms with Gasteiger partial charge in [0.2, 0.25) is 0 Å². The second kappa shape index (κ2) is 8.97. The third-order valence-electron chi connectivity index (χ3n) is 4.90. The molecule has 19 heavy (non-hydrogen) atoms. The minimum Gasteiger partial charge on any atom is -0.314 e. The van der Waals surface area contributed by atoms with Crippen LogP contribution in [-0.4, -0.2) is 37.1 Å². The lowest BCUT2D eigenvalue weighted by atomic mass is 9.78. The van der Waals surface area contributed by atoms with Crippen molar-refractivity contribution < 1.29 is 0 Å². The zero-order valence-corrected chi connectivity index (χ0v) is 13.9. The predicted molar refractivity (Wildman–Crippen MR) is 85.6 cm³/mol. The second-order valence-electron chi connectivity index (χ2n) is 7.03. The monoisotopic (exact) mass is 268 g/mol. The van der Waals surface area contributed by atoms with Crippen molar-refractivity contribution in [1.29, 1.82) is 0 Å². The molecule has 2 atom stereocenters. The molecule has 0 bridgehead atoms. The van der Waals surface area contributed by atoms with E-state index in [0.717, 1.165) is 17.9 Å². The molecule has 1 aliphatic rings. The standard InChI is InChI=1S/C17H36N2/c1-14(2)16-10-6-7-11-17(16)18-12-8-9-13-19(5)15(3)4/h14-18H,6-13H2,1-5H3. The van der Waals surface area contributed by atoms with E-state index >= 15 is 0 Å². The SMILES string of the molecule is CC(C)C1CCCCC1NCCCCN(C)C(C)C. The van der Waals surface area contributed by atoms with Crippen molar-refractivity contribution in [3.05, 3.63) is 0 Å². The smallest absolute Gasteiger partial charge is 0.00977 e. The molecule has 0 heterocycles. The first kappa shape index (κ1) is 17.0. The van der Waals surface area contributed by atoms with Crippen molar-refractivity contribution in [2.75, 3.05) is 20.1 Å². The van der Waals surface area contributed by atoms with Crippen LogP contribution in [0.3, 0.4) is 0 Å². The molecule has 0 aromatic carbocycles. The van der Waals surface area contributed by atoms with Gasteiger partial charge in [-0.3, -0.25) is 0 Å². The van der Waals surface area contributed by atoms with Crippen LogP contribution in [-0.2, 0) is 0 Å². The first-order valence-corrected chi connectivity index (χ1v) is 8.46. The van der Waals surface area contributed by atoms with Crippen LogP contribution in [0, 0.1) is 11.8 Å². The largest absolute Gasteiger partial charge is 0.314 e. The van der Waals surface area contributed by atoms with Crippen LogP contribution in [0.25, 0.3) is 0 Å². The van der Waals surface area contributed by atoms with Crippen LogP contribution in [0.15, 0.2) is 0 Å². The molecule has 2 nitrogen and oxygen atoms in total. The molecule has 0 amide bonds. The molecule has 0 saturated heterocycles. The molecule has 2 heteroatoms. The van der Waals surface area contributed by atoms with E-state index in [1.807, 2.05) is 0 Å².